The molecule has 4 aromatic rings. The van der Waals surface area contributed by atoms with Crippen molar-refractivity contribution in [3.8, 4) is 22.8 Å². The number of hydrogen-bond donors (Lipinski definition) is 3. The van der Waals surface area contributed by atoms with Crippen LogP contribution in [-0.2, 0) is 0 Å². The van der Waals surface area contributed by atoms with Gasteiger partial charge in [0.1, 0.15) is 11.5 Å². The minimum atomic E-state index is -0.390. The molecule has 1 heterocycles. The quantitative estimate of drug-likeness (QED) is 0.361. The molecular formula is C23H20ClN3O3. The van der Waals surface area contributed by atoms with Crippen molar-refractivity contribution in [2.45, 2.75) is 0 Å². The molecule has 0 radical (unpaired) electrons. The number of urea groups is 1. The predicted molar refractivity (Wildman–Crippen MR) is 121 cm³/mol. The highest BCUT2D eigenvalue weighted by Crippen LogP contribution is 2.36. The molecule has 7 heteroatoms. The van der Waals surface area contributed by atoms with Gasteiger partial charge in [-0.25, -0.2) is 4.79 Å². The van der Waals surface area contributed by atoms with Crippen molar-refractivity contribution in [2.75, 3.05) is 24.9 Å². The average molecular weight is 422 g/mol. The van der Waals surface area contributed by atoms with Gasteiger partial charge in [-0.05, 0) is 30.3 Å². The lowest BCUT2D eigenvalue weighted by Gasteiger charge is -2.13. The van der Waals surface area contributed by atoms with E-state index in [1.807, 2.05) is 48.5 Å². The molecule has 0 atom stereocenters. The van der Waals surface area contributed by atoms with Gasteiger partial charge in [0.25, 0.3) is 0 Å². The lowest BCUT2D eigenvalue weighted by molar-refractivity contribution is 0.262. The van der Waals surface area contributed by atoms with E-state index in [1.165, 1.54) is 7.11 Å². The van der Waals surface area contributed by atoms with E-state index in [0.29, 0.717) is 27.9 Å². The molecule has 0 spiro atoms. The van der Waals surface area contributed by atoms with Gasteiger partial charge in [-0.1, -0.05) is 41.9 Å². The van der Waals surface area contributed by atoms with Crippen LogP contribution in [0.25, 0.3) is 22.2 Å². The van der Waals surface area contributed by atoms with Crippen molar-refractivity contribution in [2.24, 2.45) is 0 Å². The highest BCUT2D eigenvalue weighted by molar-refractivity contribution is 6.30. The number of carbonyl (C=O) groups is 1. The van der Waals surface area contributed by atoms with Gasteiger partial charge in [0, 0.05) is 27.6 Å². The first-order valence-electron chi connectivity index (χ1n) is 9.25. The molecule has 1 aromatic heterocycles. The molecule has 0 aliphatic carbocycles. The zero-order chi connectivity index (χ0) is 21.1. The van der Waals surface area contributed by atoms with Crippen LogP contribution < -0.4 is 20.1 Å². The minimum absolute atomic E-state index is 0.390. The van der Waals surface area contributed by atoms with Crippen LogP contribution in [-0.4, -0.2) is 25.2 Å². The van der Waals surface area contributed by atoms with Gasteiger partial charge in [0.05, 0.1) is 31.3 Å². The smallest absolute Gasteiger partial charge is 0.323 e. The molecule has 4 rings (SSSR count). The monoisotopic (exact) mass is 421 g/mol. The fraction of sp³-hybridized carbons (Fsp3) is 0.0870. The summed E-state index contributed by atoms with van der Waals surface area (Å²) in [5, 5.41) is 7.36. The molecule has 0 bridgehead atoms. The number of hydrogen-bond acceptors (Lipinski definition) is 3. The van der Waals surface area contributed by atoms with Gasteiger partial charge in [-0.3, -0.25) is 0 Å². The largest absolute Gasteiger partial charge is 0.497 e. The first-order valence-corrected chi connectivity index (χ1v) is 9.63. The Kier molecular flexibility index (Phi) is 5.50. The number of para-hydroxylation sites is 1. The van der Waals surface area contributed by atoms with Crippen molar-refractivity contribution < 1.29 is 14.3 Å². The van der Waals surface area contributed by atoms with Crippen molar-refractivity contribution in [1.29, 1.82) is 0 Å². The van der Waals surface area contributed by atoms with Crippen LogP contribution >= 0.6 is 11.6 Å². The maximum absolute atomic E-state index is 12.8. The number of methoxy groups -OCH3 is 2. The minimum Gasteiger partial charge on any atom is -0.497 e. The number of ether oxygens (including phenoxy) is 2. The highest BCUT2D eigenvalue weighted by atomic mass is 35.5. The zero-order valence-corrected chi connectivity index (χ0v) is 17.2. The highest BCUT2D eigenvalue weighted by Gasteiger charge is 2.16. The Labute approximate surface area is 178 Å². The topological polar surface area (TPSA) is 75.4 Å². The van der Waals surface area contributed by atoms with E-state index in [0.717, 1.165) is 22.2 Å². The third-order valence-electron chi connectivity index (χ3n) is 4.73. The second-order valence-electron chi connectivity index (χ2n) is 6.57. The van der Waals surface area contributed by atoms with Gasteiger partial charge < -0.3 is 25.1 Å². The number of aromatic nitrogens is 1. The van der Waals surface area contributed by atoms with E-state index >= 15 is 0 Å². The first-order chi connectivity index (χ1) is 14.6. The molecule has 0 aliphatic heterocycles. The zero-order valence-electron chi connectivity index (χ0n) is 16.5. The summed E-state index contributed by atoms with van der Waals surface area (Å²) in [6, 6.07) is 20.0. The van der Waals surface area contributed by atoms with Crippen LogP contribution in [0.15, 0.2) is 66.7 Å². The number of amides is 2. The summed E-state index contributed by atoms with van der Waals surface area (Å²) in [6.45, 7) is 0. The third kappa shape index (κ3) is 3.90. The average Bonchev–Trinajstić information content (AvgIpc) is 3.13. The lowest BCUT2D eigenvalue weighted by Crippen LogP contribution is -2.20. The molecular weight excluding hydrogens is 402 g/mol. The Morgan fingerprint density at radius 3 is 2.43 bits per heavy atom. The molecule has 0 unspecified atom stereocenters. The second-order valence-corrected chi connectivity index (χ2v) is 7.01. The van der Waals surface area contributed by atoms with Crippen LogP contribution in [0.1, 0.15) is 0 Å². The number of aromatic amines is 1. The molecule has 3 aromatic carbocycles. The van der Waals surface area contributed by atoms with Crippen LogP contribution in [0, 0.1) is 0 Å². The van der Waals surface area contributed by atoms with Crippen LogP contribution in [0.5, 0.6) is 11.5 Å². The number of anilines is 2. The number of halogens is 1. The Bertz CT molecular complexity index is 1200. The SMILES string of the molecule is COc1ccc(NC(=O)Nc2c(-c3ccc(Cl)cc3)[nH]c3ccccc23)c(OC)c1. The Morgan fingerprint density at radius 2 is 1.70 bits per heavy atom. The van der Waals surface area contributed by atoms with E-state index in [-0.39, 0.29) is 0 Å². The molecule has 0 fully saturated rings. The van der Waals surface area contributed by atoms with E-state index in [1.54, 1.807) is 25.3 Å². The molecule has 0 saturated heterocycles. The summed E-state index contributed by atoms with van der Waals surface area (Å²) in [5.41, 5.74) is 3.83. The summed E-state index contributed by atoms with van der Waals surface area (Å²) < 4.78 is 10.6. The first kappa shape index (κ1) is 19.7. The Balaban J connectivity index is 1.67. The number of rotatable bonds is 5. The lowest BCUT2D eigenvalue weighted by atomic mass is 10.1. The summed E-state index contributed by atoms with van der Waals surface area (Å²) in [5.74, 6) is 1.14. The Morgan fingerprint density at radius 1 is 0.933 bits per heavy atom. The van der Waals surface area contributed by atoms with Crippen molar-refractivity contribution >= 4 is 39.9 Å². The van der Waals surface area contributed by atoms with Gasteiger partial charge in [-0.15, -0.1) is 0 Å². The standard InChI is InChI=1S/C23H20ClN3O3/c1-29-16-11-12-19(20(13-16)30-2)26-23(28)27-22-17-5-3-4-6-18(17)25-21(22)14-7-9-15(24)10-8-14/h3-13,25H,1-2H3,(H2,26,27,28). The number of H-pyrrole nitrogens is 1. The van der Waals surface area contributed by atoms with Gasteiger partial charge in [0.2, 0.25) is 0 Å². The second kappa shape index (κ2) is 8.39. The van der Waals surface area contributed by atoms with E-state index in [2.05, 4.69) is 15.6 Å². The van der Waals surface area contributed by atoms with Crippen molar-refractivity contribution in [3.63, 3.8) is 0 Å². The summed E-state index contributed by atoms with van der Waals surface area (Å²) in [6.07, 6.45) is 0. The van der Waals surface area contributed by atoms with Crippen molar-refractivity contribution in [3.05, 3.63) is 71.8 Å². The van der Waals surface area contributed by atoms with Crippen LogP contribution in [0.3, 0.4) is 0 Å². The van der Waals surface area contributed by atoms with E-state index in [4.69, 9.17) is 21.1 Å². The molecule has 3 N–H and O–H groups in total. The van der Waals surface area contributed by atoms with Crippen LogP contribution in [0.2, 0.25) is 5.02 Å². The number of fused-ring (bicyclic) bond motifs is 1. The maximum atomic E-state index is 12.8. The maximum Gasteiger partial charge on any atom is 0.323 e. The van der Waals surface area contributed by atoms with Crippen LogP contribution in [0.4, 0.5) is 16.2 Å². The predicted octanol–water partition coefficient (Wildman–Crippen LogP) is 6.15. The Hall–Kier alpha value is -3.64. The molecule has 0 aliphatic rings. The molecule has 6 nitrogen and oxygen atoms in total. The normalized spacial score (nSPS) is 10.6. The molecule has 0 saturated carbocycles. The molecule has 30 heavy (non-hydrogen) atoms. The summed E-state index contributed by atoms with van der Waals surface area (Å²) in [4.78, 5) is 16.2. The summed E-state index contributed by atoms with van der Waals surface area (Å²) in [7, 11) is 3.11. The third-order valence-corrected chi connectivity index (χ3v) is 4.99. The van der Waals surface area contributed by atoms with Gasteiger partial charge in [-0.2, -0.15) is 0 Å². The van der Waals surface area contributed by atoms with E-state index < -0.39 is 6.03 Å². The van der Waals surface area contributed by atoms with Gasteiger partial charge in [0.15, 0.2) is 0 Å². The summed E-state index contributed by atoms with van der Waals surface area (Å²) >= 11 is 6.03. The fourth-order valence-corrected chi connectivity index (χ4v) is 3.40. The number of benzene rings is 3. The molecule has 152 valence electrons. The number of nitrogens with one attached hydrogen (secondary N) is 3. The number of carbonyl (C=O) groups excluding carboxylic acids is 1. The van der Waals surface area contributed by atoms with Crippen molar-refractivity contribution in [1.82, 2.24) is 4.98 Å². The molecule has 2 amide bonds. The van der Waals surface area contributed by atoms with Gasteiger partial charge >= 0.3 is 6.03 Å². The fourth-order valence-electron chi connectivity index (χ4n) is 3.27. The van der Waals surface area contributed by atoms with E-state index in [9.17, 15) is 4.79 Å².